The molecule has 0 aromatic carbocycles. The third-order valence-electron chi connectivity index (χ3n) is 1.26. The largest absolute Gasteiger partial charge is 2.00 e. The predicted octanol–water partition coefficient (Wildman–Crippen LogP) is -3.23. The second-order valence-electron chi connectivity index (χ2n) is 2.14. The van der Waals surface area contributed by atoms with Crippen molar-refractivity contribution in [2.24, 2.45) is 0 Å². The zero-order chi connectivity index (χ0) is 6.24. The summed E-state index contributed by atoms with van der Waals surface area (Å²) >= 11 is 0. The van der Waals surface area contributed by atoms with E-state index in [2.05, 4.69) is 13.5 Å². The first-order valence-corrected chi connectivity index (χ1v) is 3.52. The van der Waals surface area contributed by atoms with Crippen molar-refractivity contribution in [2.45, 2.75) is 39.0 Å². The van der Waals surface area contributed by atoms with E-state index in [0.29, 0.717) is 0 Å². The summed E-state index contributed by atoms with van der Waals surface area (Å²) in [4.78, 5) is 0. The minimum Gasteiger partial charge on any atom is -1.00 e. The molecular formula is C8H16Br2Mg. The Morgan fingerprint density at radius 3 is 2.00 bits per heavy atom. The predicted molar refractivity (Wildman–Crippen MR) is 44.7 cm³/mol. The van der Waals surface area contributed by atoms with Crippen LogP contribution in [0.25, 0.3) is 0 Å². The summed E-state index contributed by atoms with van der Waals surface area (Å²) in [6.07, 6.45) is 8.61. The monoisotopic (exact) mass is 294 g/mol. The Kier molecular flexibility index (Phi) is 46.8. The van der Waals surface area contributed by atoms with E-state index in [-0.39, 0.29) is 57.0 Å². The molecule has 0 aliphatic carbocycles. The molecule has 0 radical (unpaired) electrons. The van der Waals surface area contributed by atoms with Crippen LogP contribution in [-0.4, -0.2) is 23.1 Å². The van der Waals surface area contributed by atoms with E-state index >= 15 is 0 Å². The molecule has 11 heavy (non-hydrogen) atoms. The molecule has 0 aromatic rings. The maximum Gasteiger partial charge on any atom is 2.00 e. The molecule has 0 unspecified atom stereocenters. The molecule has 3 heteroatoms. The van der Waals surface area contributed by atoms with E-state index in [0.717, 1.165) is 0 Å². The summed E-state index contributed by atoms with van der Waals surface area (Å²) in [6.45, 7) is 5.89. The Labute approximate surface area is 108 Å². The van der Waals surface area contributed by atoms with Gasteiger partial charge in [0.2, 0.25) is 0 Å². The first kappa shape index (κ1) is 22.9. The molecule has 0 fully saturated rings. The minimum atomic E-state index is 0. The second-order valence-corrected chi connectivity index (χ2v) is 2.14. The van der Waals surface area contributed by atoms with Crippen LogP contribution in [0.3, 0.4) is 0 Å². The van der Waals surface area contributed by atoms with Gasteiger partial charge in [-0.1, -0.05) is 32.3 Å². The molecule has 64 valence electrons. The Hall–Kier alpha value is 1.47. The fraction of sp³-hybridized carbons (Fsp3) is 0.750. The van der Waals surface area contributed by atoms with Crippen LogP contribution in [0.15, 0.2) is 12.7 Å². The summed E-state index contributed by atoms with van der Waals surface area (Å²) < 4.78 is 0. The number of hydrogen-bond acceptors (Lipinski definition) is 0. The van der Waals surface area contributed by atoms with Crippen LogP contribution >= 0.6 is 0 Å². The van der Waals surface area contributed by atoms with Crippen LogP contribution in [0.4, 0.5) is 0 Å². The molecule has 0 rings (SSSR count). The van der Waals surface area contributed by atoms with E-state index in [1.165, 1.54) is 32.1 Å². The molecule has 0 aliphatic rings. The van der Waals surface area contributed by atoms with Crippen molar-refractivity contribution < 1.29 is 34.0 Å². The van der Waals surface area contributed by atoms with Gasteiger partial charge in [-0.2, -0.15) is 0 Å². The standard InChI is InChI=1S/C8H16.2BrH.Mg/c1-3-5-7-8-6-4-2;;;/h3H,1,4-8H2,2H3;2*1H;/q;;;+2/p-2. The van der Waals surface area contributed by atoms with Gasteiger partial charge in [0.1, 0.15) is 0 Å². The average molecular weight is 296 g/mol. The number of hydrogen-bond donors (Lipinski definition) is 0. The number of rotatable bonds is 5. The maximum atomic E-state index is 3.66. The molecule has 0 atom stereocenters. The van der Waals surface area contributed by atoms with E-state index in [1.54, 1.807) is 0 Å². The Bertz CT molecular complexity index is 58.1. The van der Waals surface area contributed by atoms with Crippen LogP contribution in [0.2, 0.25) is 0 Å². The van der Waals surface area contributed by atoms with Gasteiger partial charge in [-0.15, -0.1) is 6.58 Å². The van der Waals surface area contributed by atoms with Crippen LogP contribution in [0.1, 0.15) is 39.0 Å². The fourth-order valence-corrected chi connectivity index (χ4v) is 0.715. The first-order valence-electron chi connectivity index (χ1n) is 3.52. The Balaban J connectivity index is -0.0000000817. The molecule has 0 heterocycles. The van der Waals surface area contributed by atoms with Gasteiger partial charge < -0.3 is 34.0 Å². The molecule has 0 aliphatic heterocycles. The smallest absolute Gasteiger partial charge is 1.00 e. The van der Waals surface area contributed by atoms with Crippen molar-refractivity contribution >= 4 is 23.1 Å². The SMILES string of the molecule is C=CCCCCCC.[Br-].[Br-].[Mg+2]. The maximum absolute atomic E-state index is 3.66. The van der Waals surface area contributed by atoms with Crippen LogP contribution in [0.5, 0.6) is 0 Å². The molecule has 0 bridgehead atoms. The van der Waals surface area contributed by atoms with Gasteiger partial charge in [0.05, 0.1) is 0 Å². The van der Waals surface area contributed by atoms with Crippen molar-refractivity contribution in [3.63, 3.8) is 0 Å². The van der Waals surface area contributed by atoms with Crippen LogP contribution < -0.4 is 34.0 Å². The van der Waals surface area contributed by atoms with Gasteiger partial charge in [0.15, 0.2) is 0 Å². The second kappa shape index (κ2) is 22.5. The van der Waals surface area contributed by atoms with Crippen LogP contribution in [-0.2, 0) is 0 Å². The minimum absolute atomic E-state index is 0. The van der Waals surface area contributed by atoms with Gasteiger partial charge in [0.25, 0.3) is 0 Å². The molecule has 0 saturated heterocycles. The van der Waals surface area contributed by atoms with Crippen molar-refractivity contribution in [1.29, 1.82) is 0 Å². The summed E-state index contributed by atoms with van der Waals surface area (Å²) in [6, 6.07) is 0. The quantitative estimate of drug-likeness (QED) is 0.284. The Morgan fingerprint density at radius 1 is 1.09 bits per heavy atom. The number of halogens is 2. The average Bonchev–Trinajstić information content (AvgIpc) is 1.81. The number of allylic oxidation sites excluding steroid dienone is 1. The molecule has 0 aromatic heterocycles. The third kappa shape index (κ3) is 24.6. The van der Waals surface area contributed by atoms with Gasteiger partial charge in [-0.05, 0) is 12.8 Å². The summed E-state index contributed by atoms with van der Waals surface area (Å²) in [5.74, 6) is 0. The Morgan fingerprint density at radius 2 is 1.64 bits per heavy atom. The summed E-state index contributed by atoms with van der Waals surface area (Å²) in [5, 5.41) is 0. The van der Waals surface area contributed by atoms with Gasteiger partial charge in [0, 0.05) is 0 Å². The normalized spacial score (nSPS) is 6.64. The molecular weight excluding hydrogens is 280 g/mol. The molecule has 0 spiro atoms. The zero-order valence-electron chi connectivity index (χ0n) is 7.28. The fourth-order valence-electron chi connectivity index (χ4n) is 0.715. The topological polar surface area (TPSA) is 0 Å². The summed E-state index contributed by atoms with van der Waals surface area (Å²) in [7, 11) is 0. The van der Waals surface area contributed by atoms with Gasteiger partial charge in [-0.3, -0.25) is 0 Å². The van der Waals surface area contributed by atoms with Crippen molar-refractivity contribution in [1.82, 2.24) is 0 Å². The third-order valence-corrected chi connectivity index (χ3v) is 1.26. The molecule has 0 amide bonds. The van der Waals surface area contributed by atoms with Crippen molar-refractivity contribution in [3.05, 3.63) is 12.7 Å². The molecule has 0 nitrogen and oxygen atoms in total. The molecule has 0 saturated carbocycles. The first-order chi connectivity index (χ1) is 3.91. The van der Waals surface area contributed by atoms with E-state index < -0.39 is 0 Å². The zero-order valence-corrected chi connectivity index (χ0v) is 11.9. The number of unbranched alkanes of at least 4 members (excludes halogenated alkanes) is 4. The van der Waals surface area contributed by atoms with Crippen molar-refractivity contribution in [2.75, 3.05) is 0 Å². The molecule has 0 N–H and O–H groups in total. The van der Waals surface area contributed by atoms with E-state index in [9.17, 15) is 0 Å². The van der Waals surface area contributed by atoms with Crippen LogP contribution in [0, 0.1) is 0 Å². The van der Waals surface area contributed by atoms with E-state index in [4.69, 9.17) is 0 Å². The van der Waals surface area contributed by atoms with Gasteiger partial charge in [-0.25, -0.2) is 0 Å². The van der Waals surface area contributed by atoms with Crippen molar-refractivity contribution in [3.8, 4) is 0 Å². The van der Waals surface area contributed by atoms with E-state index in [1.807, 2.05) is 6.08 Å². The summed E-state index contributed by atoms with van der Waals surface area (Å²) in [5.41, 5.74) is 0. The van der Waals surface area contributed by atoms with Gasteiger partial charge >= 0.3 is 23.1 Å².